The van der Waals surface area contributed by atoms with Gasteiger partial charge < -0.3 is 9.47 Å². The molecule has 0 aromatic rings. The highest BCUT2D eigenvalue weighted by atomic mass is 32.2. The maximum absolute atomic E-state index is 11.2. The van der Waals surface area contributed by atoms with Crippen LogP contribution in [0, 0.1) is 0 Å². The van der Waals surface area contributed by atoms with Crippen molar-refractivity contribution < 1.29 is 26.3 Å². The number of hydrogen-bond donors (Lipinski definition) is 0. The van der Waals surface area contributed by atoms with Gasteiger partial charge >= 0.3 is 0 Å². The summed E-state index contributed by atoms with van der Waals surface area (Å²) in [6.45, 7) is 0.632. The Morgan fingerprint density at radius 1 is 0.778 bits per heavy atom. The van der Waals surface area contributed by atoms with Crippen LogP contribution in [0.15, 0.2) is 0 Å². The van der Waals surface area contributed by atoms with Gasteiger partial charge in [0.2, 0.25) is 0 Å². The van der Waals surface area contributed by atoms with E-state index in [0.29, 0.717) is 26.1 Å². The van der Waals surface area contributed by atoms with Gasteiger partial charge in [0.15, 0.2) is 19.7 Å². The minimum atomic E-state index is -2.91. The zero-order valence-electron chi connectivity index (χ0n) is 10.1. The van der Waals surface area contributed by atoms with E-state index in [-0.39, 0.29) is 35.2 Å². The summed E-state index contributed by atoms with van der Waals surface area (Å²) >= 11 is 0. The van der Waals surface area contributed by atoms with Crippen LogP contribution in [0.4, 0.5) is 0 Å². The molecule has 0 aromatic heterocycles. The Labute approximate surface area is 107 Å². The van der Waals surface area contributed by atoms with Crippen LogP contribution in [0.25, 0.3) is 0 Å². The Morgan fingerprint density at radius 2 is 1.17 bits per heavy atom. The van der Waals surface area contributed by atoms with E-state index in [1.807, 2.05) is 0 Å². The lowest BCUT2D eigenvalue weighted by Crippen LogP contribution is -2.21. The zero-order valence-corrected chi connectivity index (χ0v) is 11.7. The molecular formula is C10H18O6S2. The third-order valence-electron chi connectivity index (χ3n) is 3.17. The molecule has 6 nitrogen and oxygen atoms in total. The Morgan fingerprint density at radius 3 is 1.44 bits per heavy atom. The number of hydrogen-bond acceptors (Lipinski definition) is 6. The summed E-state index contributed by atoms with van der Waals surface area (Å²) in [4.78, 5) is 0. The molecule has 2 rings (SSSR count). The minimum absolute atomic E-state index is 0.0881. The lowest BCUT2D eigenvalue weighted by molar-refractivity contribution is -0.00721. The van der Waals surface area contributed by atoms with E-state index in [2.05, 4.69) is 0 Å². The van der Waals surface area contributed by atoms with Gasteiger partial charge in [-0.1, -0.05) is 0 Å². The number of sulfone groups is 2. The first-order valence-corrected chi connectivity index (χ1v) is 9.65. The van der Waals surface area contributed by atoms with Gasteiger partial charge in [-0.15, -0.1) is 0 Å². The largest absolute Gasteiger partial charge is 0.375 e. The van der Waals surface area contributed by atoms with Gasteiger partial charge in [0, 0.05) is 0 Å². The van der Waals surface area contributed by atoms with Gasteiger partial charge in [-0.05, 0) is 12.8 Å². The Hall–Kier alpha value is -0.180. The first kappa shape index (κ1) is 14.2. The van der Waals surface area contributed by atoms with Crippen molar-refractivity contribution in [1.29, 1.82) is 0 Å². The number of ether oxygens (including phenoxy) is 2. The average Bonchev–Trinajstić information content (AvgIpc) is 2.76. The van der Waals surface area contributed by atoms with Crippen molar-refractivity contribution in [3.05, 3.63) is 0 Å². The fourth-order valence-corrected chi connectivity index (χ4v) is 5.45. The highest BCUT2D eigenvalue weighted by molar-refractivity contribution is 7.91. The van der Waals surface area contributed by atoms with Crippen molar-refractivity contribution in [2.24, 2.45) is 0 Å². The zero-order chi connectivity index (χ0) is 13.2. The molecule has 0 unspecified atom stereocenters. The standard InChI is InChI=1S/C10H18O6S2/c11-17(12)5-1-9(7-17)15-3-4-16-10-2-6-18(13,14)8-10/h9-10H,1-8H2/t9-,10+. The van der Waals surface area contributed by atoms with Gasteiger partial charge in [-0.2, -0.15) is 0 Å². The smallest absolute Gasteiger partial charge is 0.152 e. The second-order valence-corrected chi connectivity index (χ2v) is 9.25. The van der Waals surface area contributed by atoms with Gasteiger partial charge in [-0.3, -0.25) is 0 Å². The van der Waals surface area contributed by atoms with Crippen LogP contribution < -0.4 is 0 Å². The van der Waals surface area contributed by atoms with Crippen LogP contribution in [-0.2, 0) is 29.1 Å². The van der Waals surface area contributed by atoms with Gasteiger partial charge in [0.05, 0.1) is 48.4 Å². The molecule has 2 aliphatic rings. The third-order valence-corrected chi connectivity index (χ3v) is 6.65. The quantitative estimate of drug-likeness (QED) is 0.630. The Balaban J connectivity index is 1.60. The van der Waals surface area contributed by atoms with Gasteiger partial charge in [0.1, 0.15) is 0 Å². The fourth-order valence-electron chi connectivity index (χ4n) is 2.21. The molecule has 2 atom stereocenters. The summed E-state index contributed by atoms with van der Waals surface area (Å²) in [5.41, 5.74) is 0. The molecule has 8 heteroatoms. The monoisotopic (exact) mass is 298 g/mol. The molecule has 106 valence electrons. The predicted molar refractivity (Wildman–Crippen MR) is 66.0 cm³/mol. The van der Waals surface area contributed by atoms with E-state index in [9.17, 15) is 16.8 Å². The molecule has 0 radical (unpaired) electrons. The second kappa shape index (κ2) is 5.44. The lowest BCUT2D eigenvalue weighted by Gasteiger charge is -2.12. The van der Waals surface area contributed by atoms with Crippen LogP contribution in [0.5, 0.6) is 0 Å². The summed E-state index contributed by atoms with van der Waals surface area (Å²) in [5, 5.41) is 0. The van der Waals surface area contributed by atoms with E-state index in [4.69, 9.17) is 9.47 Å². The molecule has 0 spiro atoms. The van der Waals surface area contributed by atoms with Crippen LogP contribution >= 0.6 is 0 Å². The summed E-state index contributed by atoms with van der Waals surface area (Å²) in [6, 6.07) is 0. The summed E-state index contributed by atoms with van der Waals surface area (Å²) in [6.07, 6.45) is 0.622. The molecule has 2 saturated heterocycles. The van der Waals surface area contributed by atoms with Gasteiger partial charge in [-0.25, -0.2) is 16.8 Å². The number of rotatable bonds is 5. The normalized spacial score (nSPS) is 33.8. The molecule has 2 fully saturated rings. The van der Waals surface area contributed by atoms with E-state index in [0.717, 1.165) is 0 Å². The van der Waals surface area contributed by atoms with Crippen LogP contribution in [0.2, 0.25) is 0 Å². The summed E-state index contributed by atoms with van der Waals surface area (Å²) in [7, 11) is -5.82. The molecule has 0 amide bonds. The molecule has 0 aromatic carbocycles. The molecular weight excluding hydrogens is 280 g/mol. The first-order chi connectivity index (χ1) is 8.36. The molecule has 0 aliphatic carbocycles. The molecule has 2 aliphatic heterocycles. The minimum Gasteiger partial charge on any atom is -0.375 e. The lowest BCUT2D eigenvalue weighted by atomic mass is 10.3. The van der Waals surface area contributed by atoms with Crippen molar-refractivity contribution in [1.82, 2.24) is 0 Å². The topological polar surface area (TPSA) is 86.7 Å². The molecule has 0 saturated carbocycles. The average molecular weight is 298 g/mol. The van der Waals surface area contributed by atoms with E-state index >= 15 is 0 Å². The maximum Gasteiger partial charge on any atom is 0.152 e. The van der Waals surface area contributed by atoms with Crippen molar-refractivity contribution in [3.8, 4) is 0 Å². The van der Waals surface area contributed by atoms with Crippen molar-refractivity contribution in [2.75, 3.05) is 36.2 Å². The van der Waals surface area contributed by atoms with Crippen LogP contribution in [-0.4, -0.2) is 65.3 Å². The molecule has 0 N–H and O–H groups in total. The second-order valence-electron chi connectivity index (χ2n) is 4.79. The van der Waals surface area contributed by atoms with Crippen molar-refractivity contribution in [2.45, 2.75) is 25.0 Å². The summed E-state index contributed by atoms with van der Waals surface area (Å²) in [5.74, 6) is 0.564. The van der Waals surface area contributed by atoms with Gasteiger partial charge in [0.25, 0.3) is 0 Å². The maximum atomic E-state index is 11.2. The van der Waals surface area contributed by atoms with E-state index < -0.39 is 19.7 Å². The molecule has 2 heterocycles. The highest BCUT2D eigenvalue weighted by Gasteiger charge is 2.30. The Kier molecular flexibility index (Phi) is 4.30. The fraction of sp³-hybridized carbons (Fsp3) is 1.00. The predicted octanol–water partition coefficient (Wildman–Crippen LogP) is -0.606. The first-order valence-electron chi connectivity index (χ1n) is 6.00. The van der Waals surface area contributed by atoms with Crippen molar-refractivity contribution in [3.63, 3.8) is 0 Å². The van der Waals surface area contributed by atoms with Crippen LogP contribution in [0.1, 0.15) is 12.8 Å². The van der Waals surface area contributed by atoms with E-state index in [1.54, 1.807) is 0 Å². The van der Waals surface area contributed by atoms with Crippen molar-refractivity contribution >= 4 is 19.7 Å². The summed E-state index contributed by atoms with van der Waals surface area (Å²) < 4.78 is 55.5. The van der Waals surface area contributed by atoms with Crippen LogP contribution in [0.3, 0.4) is 0 Å². The highest BCUT2D eigenvalue weighted by Crippen LogP contribution is 2.16. The van der Waals surface area contributed by atoms with E-state index in [1.165, 1.54) is 0 Å². The SMILES string of the molecule is O=S1(=O)CC[C@@H](OCCO[C@H]2CCS(=O)(=O)C2)C1. The molecule has 18 heavy (non-hydrogen) atoms. The third kappa shape index (κ3) is 4.18. The Bertz CT molecular complexity index is 434. The molecule has 0 bridgehead atoms.